The zero-order valence-electron chi connectivity index (χ0n) is 10.4. The Hall–Kier alpha value is -2.43. The number of hydrogen-bond donors (Lipinski definition) is 0. The highest BCUT2D eigenvalue weighted by atomic mass is 16.5. The molecular weight excluding hydrogens is 244 g/mol. The summed E-state index contributed by atoms with van der Waals surface area (Å²) in [7, 11) is 1.57. The molecule has 3 rings (SSSR count). The van der Waals surface area contributed by atoms with Gasteiger partial charge in [-0.05, 0) is 12.1 Å². The summed E-state index contributed by atoms with van der Waals surface area (Å²) in [4.78, 5) is 29.1. The monoisotopic (exact) mass is 256 g/mol. The molecule has 1 aromatic carbocycles. The lowest BCUT2D eigenvalue weighted by molar-refractivity contribution is -0.121. The van der Waals surface area contributed by atoms with Gasteiger partial charge in [-0.15, -0.1) is 0 Å². The second kappa shape index (κ2) is 4.35. The van der Waals surface area contributed by atoms with Gasteiger partial charge in [0.05, 0.1) is 31.3 Å². The number of nitrogens with zero attached hydrogens (tertiary/aromatic N) is 2. The van der Waals surface area contributed by atoms with Crippen molar-refractivity contribution in [2.24, 2.45) is 0 Å². The van der Waals surface area contributed by atoms with Crippen molar-refractivity contribution in [1.29, 1.82) is 0 Å². The second-order valence-electron chi connectivity index (χ2n) is 4.42. The summed E-state index contributed by atoms with van der Waals surface area (Å²) in [6.07, 6.45) is 1.63. The first-order valence-corrected chi connectivity index (χ1v) is 5.94. The highest BCUT2D eigenvalue weighted by Crippen LogP contribution is 2.32. The van der Waals surface area contributed by atoms with Gasteiger partial charge in [0, 0.05) is 17.6 Å². The van der Waals surface area contributed by atoms with Gasteiger partial charge in [-0.2, -0.15) is 0 Å². The quantitative estimate of drug-likeness (QED) is 0.765. The number of rotatable bonds is 2. The molecule has 1 aliphatic heterocycles. The Bertz CT molecular complexity index is 681. The Kier molecular flexibility index (Phi) is 2.67. The number of Topliss-reactive ketones (excluding diaryl/α,β-unsaturated/α-hetero) is 1. The smallest absolute Gasteiger partial charge is 0.234 e. The number of ketones is 1. The molecule has 0 N–H and O–H groups in total. The molecule has 0 atom stereocenters. The minimum Gasteiger partial charge on any atom is -0.497 e. The lowest BCUT2D eigenvalue weighted by Gasteiger charge is -2.17. The van der Waals surface area contributed by atoms with E-state index in [1.54, 1.807) is 19.4 Å². The number of pyridine rings is 1. The summed E-state index contributed by atoms with van der Waals surface area (Å²) in [6.45, 7) is 0.109. The SMILES string of the molecule is COc1cc(N2CC(=O)CC2=O)c2ncccc2c1. The van der Waals surface area contributed by atoms with Crippen LogP contribution in [0.3, 0.4) is 0 Å². The van der Waals surface area contributed by atoms with E-state index in [1.807, 2.05) is 18.2 Å². The molecule has 0 aliphatic carbocycles. The number of ether oxygens (including phenoxy) is 1. The Morgan fingerprint density at radius 1 is 1.32 bits per heavy atom. The van der Waals surface area contributed by atoms with Crippen LogP contribution < -0.4 is 9.64 Å². The van der Waals surface area contributed by atoms with Crippen LogP contribution in [0.2, 0.25) is 0 Å². The van der Waals surface area contributed by atoms with Crippen LogP contribution >= 0.6 is 0 Å². The van der Waals surface area contributed by atoms with Crippen molar-refractivity contribution in [1.82, 2.24) is 4.98 Å². The van der Waals surface area contributed by atoms with Gasteiger partial charge in [0.2, 0.25) is 5.91 Å². The number of aromatic nitrogens is 1. The zero-order valence-corrected chi connectivity index (χ0v) is 10.4. The van der Waals surface area contributed by atoms with Crippen molar-refractivity contribution >= 4 is 28.3 Å². The fourth-order valence-electron chi connectivity index (χ4n) is 2.27. The molecule has 1 saturated heterocycles. The fourth-order valence-corrected chi connectivity index (χ4v) is 2.27. The number of carbonyl (C=O) groups excluding carboxylic acids is 2. The number of fused-ring (bicyclic) bond motifs is 1. The van der Waals surface area contributed by atoms with E-state index < -0.39 is 0 Å². The molecule has 0 spiro atoms. The van der Waals surface area contributed by atoms with Gasteiger partial charge in [0.15, 0.2) is 5.78 Å². The maximum Gasteiger partial charge on any atom is 0.234 e. The molecule has 2 aromatic rings. The molecule has 5 heteroatoms. The van der Waals surface area contributed by atoms with E-state index in [-0.39, 0.29) is 24.7 Å². The Morgan fingerprint density at radius 2 is 2.16 bits per heavy atom. The normalized spacial score (nSPS) is 15.3. The van der Waals surface area contributed by atoms with Gasteiger partial charge in [-0.3, -0.25) is 14.6 Å². The third-order valence-electron chi connectivity index (χ3n) is 3.17. The molecule has 0 radical (unpaired) electrons. The Balaban J connectivity index is 2.21. The fraction of sp³-hybridized carbons (Fsp3) is 0.214. The van der Waals surface area contributed by atoms with Crippen LogP contribution in [-0.4, -0.2) is 30.3 Å². The highest BCUT2D eigenvalue weighted by molar-refractivity contribution is 6.17. The predicted molar refractivity (Wildman–Crippen MR) is 70.3 cm³/mol. The van der Waals surface area contributed by atoms with Gasteiger partial charge < -0.3 is 9.64 Å². The highest BCUT2D eigenvalue weighted by Gasteiger charge is 2.30. The average Bonchev–Trinajstić information content (AvgIpc) is 2.76. The maximum atomic E-state index is 11.9. The summed E-state index contributed by atoms with van der Waals surface area (Å²) in [6, 6.07) is 7.32. The molecule has 1 aromatic heterocycles. The first-order valence-electron chi connectivity index (χ1n) is 5.94. The van der Waals surface area contributed by atoms with Crippen LogP contribution in [0.4, 0.5) is 5.69 Å². The van der Waals surface area contributed by atoms with Crippen molar-refractivity contribution < 1.29 is 14.3 Å². The number of methoxy groups -OCH3 is 1. The zero-order chi connectivity index (χ0) is 13.4. The summed E-state index contributed by atoms with van der Waals surface area (Å²) in [5.74, 6) is 0.379. The molecule has 19 heavy (non-hydrogen) atoms. The lowest BCUT2D eigenvalue weighted by atomic mass is 10.1. The number of hydrogen-bond acceptors (Lipinski definition) is 4. The predicted octanol–water partition coefficient (Wildman–Crippen LogP) is 1.55. The first-order chi connectivity index (χ1) is 9.19. The summed E-state index contributed by atoms with van der Waals surface area (Å²) in [5, 5.41) is 0.879. The second-order valence-corrected chi connectivity index (χ2v) is 4.42. The van der Waals surface area contributed by atoms with E-state index >= 15 is 0 Å². The molecule has 1 aliphatic rings. The summed E-state index contributed by atoms with van der Waals surface area (Å²) < 4.78 is 5.23. The van der Waals surface area contributed by atoms with Gasteiger partial charge in [0.1, 0.15) is 5.75 Å². The molecule has 0 unspecified atom stereocenters. The molecule has 1 amide bonds. The van der Waals surface area contributed by atoms with E-state index in [4.69, 9.17) is 4.74 Å². The van der Waals surface area contributed by atoms with Crippen LogP contribution in [0.1, 0.15) is 6.42 Å². The number of anilines is 1. The first kappa shape index (κ1) is 11.6. The number of benzene rings is 1. The average molecular weight is 256 g/mol. The topological polar surface area (TPSA) is 59.5 Å². The minimum atomic E-state index is -0.190. The maximum absolute atomic E-state index is 11.9. The largest absolute Gasteiger partial charge is 0.497 e. The number of amides is 1. The third kappa shape index (κ3) is 1.93. The molecular formula is C14H12N2O3. The molecule has 96 valence electrons. The van der Waals surface area contributed by atoms with E-state index in [0.717, 1.165) is 5.39 Å². The van der Waals surface area contributed by atoms with Gasteiger partial charge in [-0.1, -0.05) is 6.07 Å². The molecule has 2 heterocycles. The van der Waals surface area contributed by atoms with E-state index in [1.165, 1.54) is 4.90 Å². The molecule has 0 saturated carbocycles. The third-order valence-corrected chi connectivity index (χ3v) is 3.17. The van der Waals surface area contributed by atoms with Crippen LogP contribution in [0, 0.1) is 0 Å². The molecule has 5 nitrogen and oxygen atoms in total. The van der Waals surface area contributed by atoms with E-state index in [0.29, 0.717) is 17.0 Å². The van der Waals surface area contributed by atoms with Crippen molar-refractivity contribution in [3.05, 3.63) is 30.5 Å². The van der Waals surface area contributed by atoms with Crippen LogP contribution in [0.15, 0.2) is 30.5 Å². The van der Waals surface area contributed by atoms with Crippen molar-refractivity contribution in [3.63, 3.8) is 0 Å². The Morgan fingerprint density at radius 3 is 2.84 bits per heavy atom. The van der Waals surface area contributed by atoms with Gasteiger partial charge >= 0.3 is 0 Å². The van der Waals surface area contributed by atoms with Gasteiger partial charge in [-0.25, -0.2) is 0 Å². The summed E-state index contributed by atoms with van der Waals surface area (Å²) in [5.41, 5.74) is 1.33. The van der Waals surface area contributed by atoms with E-state index in [9.17, 15) is 9.59 Å². The molecule has 0 bridgehead atoms. The lowest BCUT2D eigenvalue weighted by Crippen LogP contribution is -2.25. The van der Waals surface area contributed by atoms with Crippen molar-refractivity contribution in [2.45, 2.75) is 6.42 Å². The summed E-state index contributed by atoms with van der Waals surface area (Å²) >= 11 is 0. The van der Waals surface area contributed by atoms with Crippen LogP contribution in [0.25, 0.3) is 10.9 Å². The van der Waals surface area contributed by atoms with E-state index in [2.05, 4.69) is 4.98 Å². The Labute approximate surface area is 109 Å². The van der Waals surface area contributed by atoms with Crippen LogP contribution in [-0.2, 0) is 9.59 Å². The van der Waals surface area contributed by atoms with Crippen LogP contribution in [0.5, 0.6) is 5.75 Å². The van der Waals surface area contributed by atoms with Crippen molar-refractivity contribution in [2.75, 3.05) is 18.6 Å². The minimum absolute atomic E-state index is 0.0362. The standard InChI is InChI=1S/C14H12N2O3/c1-19-11-5-9-3-2-4-15-14(9)12(7-11)16-8-10(17)6-13(16)18/h2-5,7H,6,8H2,1H3. The van der Waals surface area contributed by atoms with Crippen molar-refractivity contribution in [3.8, 4) is 5.75 Å². The van der Waals surface area contributed by atoms with Gasteiger partial charge in [0.25, 0.3) is 0 Å². The molecule has 1 fully saturated rings. The number of carbonyl (C=O) groups is 2.